The van der Waals surface area contributed by atoms with Gasteiger partial charge in [-0.2, -0.15) is 0 Å². The summed E-state index contributed by atoms with van der Waals surface area (Å²) in [5.74, 6) is 0.527. The number of halogens is 1. The third kappa shape index (κ3) is 4.00. The van der Waals surface area contributed by atoms with E-state index in [2.05, 4.69) is 35.3 Å². The maximum Gasteiger partial charge on any atom is 0.411 e. The topological polar surface area (TPSA) is 41.6 Å². The molecule has 3 fully saturated rings. The van der Waals surface area contributed by atoms with Gasteiger partial charge in [0.15, 0.2) is 0 Å². The lowest BCUT2D eigenvalue weighted by molar-refractivity contribution is -0.0289. The van der Waals surface area contributed by atoms with Crippen molar-refractivity contribution in [2.24, 2.45) is 5.92 Å². The zero-order valence-corrected chi connectivity index (χ0v) is 15.9. The lowest BCUT2D eigenvalue weighted by Gasteiger charge is -2.43. The van der Waals surface area contributed by atoms with E-state index >= 15 is 0 Å². The fraction of sp³-hybridized carbons (Fsp3) is 0.421. The lowest BCUT2D eigenvalue weighted by atomic mass is 9.86. The summed E-state index contributed by atoms with van der Waals surface area (Å²) in [7, 11) is 0. The number of nitrogens with zero attached hydrogens (tertiary/aromatic N) is 1. The molecule has 1 amide bonds. The van der Waals surface area contributed by atoms with Crippen molar-refractivity contribution in [3.8, 4) is 10.4 Å². The van der Waals surface area contributed by atoms with Crippen molar-refractivity contribution in [1.29, 1.82) is 0 Å². The van der Waals surface area contributed by atoms with Crippen LogP contribution in [-0.2, 0) is 4.74 Å². The molecule has 0 spiro atoms. The summed E-state index contributed by atoms with van der Waals surface area (Å²) < 4.78 is 5.73. The number of anilines is 1. The average molecular weight is 379 g/mol. The van der Waals surface area contributed by atoms with Crippen molar-refractivity contribution in [2.45, 2.75) is 25.9 Å². The Kier molecular flexibility index (Phi) is 5.67. The molecule has 3 aliphatic heterocycles. The van der Waals surface area contributed by atoms with Gasteiger partial charge in [0, 0.05) is 6.54 Å². The molecule has 4 heterocycles. The van der Waals surface area contributed by atoms with Crippen LogP contribution in [0.5, 0.6) is 0 Å². The Labute approximate surface area is 158 Å². The van der Waals surface area contributed by atoms with Gasteiger partial charge in [0.05, 0.1) is 10.6 Å². The predicted octanol–water partition coefficient (Wildman–Crippen LogP) is 4.79. The van der Waals surface area contributed by atoms with Crippen LogP contribution in [-0.4, -0.2) is 36.7 Å². The molecule has 0 aliphatic carbocycles. The number of rotatable bonds is 3. The van der Waals surface area contributed by atoms with E-state index in [1.54, 1.807) is 11.3 Å². The van der Waals surface area contributed by atoms with E-state index in [1.807, 2.05) is 17.5 Å². The summed E-state index contributed by atoms with van der Waals surface area (Å²) >= 11 is 1.63. The Bertz CT molecular complexity index is 741. The molecule has 1 N–H and O–H groups in total. The van der Waals surface area contributed by atoms with Crippen LogP contribution in [0.15, 0.2) is 35.7 Å². The van der Waals surface area contributed by atoms with Crippen LogP contribution in [0.4, 0.5) is 10.5 Å². The van der Waals surface area contributed by atoms with Crippen molar-refractivity contribution < 1.29 is 9.53 Å². The van der Waals surface area contributed by atoms with Crippen LogP contribution >= 0.6 is 23.7 Å². The van der Waals surface area contributed by atoms with Gasteiger partial charge in [0.1, 0.15) is 6.10 Å². The van der Waals surface area contributed by atoms with E-state index in [4.69, 9.17) is 4.74 Å². The molecular weight excluding hydrogens is 356 g/mol. The van der Waals surface area contributed by atoms with Gasteiger partial charge in [-0.3, -0.25) is 10.2 Å². The predicted molar refractivity (Wildman–Crippen MR) is 105 cm³/mol. The third-order valence-electron chi connectivity index (χ3n) is 5.04. The van der Waals surface area contributed by atoms with Crippen molar-refractivity contribution in [3.63, 3.8) is 0 Å². The number of hydrogen-bond donors (Lipinski definition) is 1. The molecule has 134 valence electrons. The smallest absolute Gasteiger partial charge is 0.411 e. The fourth-order valence-corrected chi connectivity index (χ4v) is 4.59. The molecule has 2 bridgehead atoms. The number of carbonyl (C=O) groups is 1. The van der Waals surface area contributed by atoms with Crippen LogP contribution in [0.3, 0.4) is 0 Å². The summed E-state index contributed by atoms with van der Waals surface area (Å²) in [5.41, 5.74) is 3.17. The number of carbonyl (C=O) groups excluding carboxylic acids is 1. The molecule has 0 radical (unpaired) electrons. The van der Waals surface area contributed by atoms with E-state index < -0.39 is 0 Å². The normalized spacial score (nSPS) is 24.4. The summed E-state index contributed by atoms with van der Waals surface area (Å²) in [4.78, 5) is 15.8. The first-order valence-corrected chi connectivity index (χ1v) is 9.41. The number of benzene rings is 1. The number of hydrogen-bond acceptors (Lipinski definition) is 4. The molecule has 6 heteroatoms. The maximum atomic E-state index is 12.4. The highest BCUT2D eigenvalue weighted by molar-refractivity contribution is 7.14. The number of nitrogens with one attached hydrogen (secondary N) is 1. The second kappa shape index (κ2) is 7.77. The van der Waals surface area contributed by atoms with Gasteiger partial charge in [-0.15, -0.1) is 23.7 Å². The van der Waals surface area contributed by atoms with Crippen molar-refractivity contribution >= 4 is 35.5 Å². The first kappa shape index (κ1) is 18.2. The number of ether oxygens (including phenoxy) is 1. The molecule has 3 saturated heterocycles. The Balaban J connectivity index is 0.00000182. The highest BCUT2D eigenvalue weighted by atomic mass is 35.5. The zero-order valence-electron chi connectivity index (χ0n) is 14.2. The highest BCUT2D eigenvalue weighted by Gasteiger charge is 2.36. The van der Waals surface area contributed by atoms with Crippen molar-refractivity contribution in [1.82, 2.24) is 4.90 Å². The van der Waals surface area contributed by atoms with Crippen molar-refractivity contribution in [2.75, 3.05) is 25.0 Å². The second-order valence-corrected chi connectivity index (χ2v) is 7.66. The second-order valence-electron chi connectivity index (χ2n) is 6.74. The molecule has 1 aromatic heterocycles. The van der Waals surface area contributed by atoms with E-state index in [0.717, 1.165) is 48.6 Å². The Hall–Kier alpha value is -1.56. The van der Waals surface area contributed by atoms with E-state index in [-0.39, 0.29) is 24.6 Å². The molecule has 1 unspecified atom stereocenters. The quantitative estimate of drug-likeness (QED) is 0.834. The minimum absolute atomic E-state index is 0. The summed E-state index contributed by atoms with van der Waals surface area (Å²) in [6.07, 6.45) is 1.99. The number of thiophene rings is 1. The first-order valence-electron chi connectivity index (χ1n) is 8.53. The van der Waals surface area contributed by atoms with Crippen LogP contribution in [0.2, 0.25) is 0 Å². The molecule has 4 nitrogen and oxygen atoms in total. The Morgan fingerprint density at radius 1 is 1.28 bits per heavy atom. The molecule has 2 aromatic rings. The molecule has 1 aromatic carbocycles. The number of fused-ring (bicyclic) bond motifs is 3. The summed E-state index contributed by atoms with van der Waals surface area (Å²) in [5, 5.41) is 4.95. The van der Waals surface area contributed by atoms with E-state index in [0.29, 0.717) is 5.92 Å². The Morgan fingerprint density at radius 2 is 2.08 bits per heavy atom. The SMILES string of the molecule is Cc1cccc(-c2sccc2NC(=O)OC2CN3CCC2CC3)c1.Cl. The van der Waals surface area contributed by atoms with Crippen LogP contribution < -0.4 is 5.32 Å². The first-order chi connectivity index (χ1) is 11.7. The minimum atomic E-state index is -0.332. The molecule has 25 heavy (non-hydrogen) atoms. The number of piperidine rings is 3. The van der Waals surface area contributed by atoms with Gasteiger partial charge in [0.2, 0.25) is 0 Å². The van der Waals surface area contributed by atoms with Crippen LogP contribution in [0.25, 0.3) is 10.4 Å². The molecular formula is C19H23ClN2O2S. The summed E-state index contributed by atoms with van der Waals surface area (Å²) in [6.45, 7) is 5.25. The van der Waals surface area contributed by atoms with Gasteiger partial charge in [-0.05, 0) is 55.8 Å². The number of amides is 1. The van der Waals surface area contributed by atoms with Gasteiger partial charge < -0.3 is 4.74 Å². The molecule has 5 rings (SSSR count). The largest absolute Gasteiger partial charge is 0.444 e. The maximum absolute atomic E-state index is 12.4. The zero-order chi connectivity index (χ0) is 16.5. The van der Waals surface area contributed by atoms with E-state index in [1.165, 1.54) is 5.56 Å². The fourth-order valence-electron chi connectivity index (χ4n) is 3.74. The van der Waals surface area contributed by atoms with Gasteiger partial charge in [-0.1, -0.05) is 29.8 Å². The van der Waals surface area contributed by atoms with Gasteiger partial charge in [0.25, 0.3) is 0 Å². The average Bonchev–Trinajstić information content (AvgIpc) is 3.04. The Morgan fingerprint density at radius 3 is 2.76 bits per heavy atom. The van der Waals surface area contributed by atoms with Gasteiger partial charge >= 0.3 is 6.09 Å². The lowest BCUT2D eigenvalue weighted by Crippen LogP contribution is -2.52. The van der Waals surface area contributed by atoms with E-state index in [9.17, 15) is 4.79 Å². The minimum Gasteiger partial charge on any atom is -0.444 e. The van der Waals surface area contributed by atoms with Crippen LogP contribution in [0.1, 0.15) is 18.4 Å². The van der Waals surface area contributed by atoms with Crippen LogP contribution in [0, 0.1) is 12.8 Å². The monoisotopic (exact) mass is 378 g/mol. The molecule has 0 saturated carbocycles. The number of aryl methyl sites for hydroxylation is 1. The van der Waals surface area contributed by atoms with Gasteiger partial charge in [-0.25, -0.2) is 4.79 Å². The standard InChI is InChI=1S/C19H22N2O2S.ClH/c1-13-3-2-4-15(11-13)18-16(7-10-24-18)20-19(22)23-17-12-21-8-5-14(17)6-9-21;/h2-4,7,10-11,14,17H,5-6,8-9,12H2,1H3,(H,20,22);1H. The highest BCUT2D eigenvalue weighted by Crippen LogP contribution is 2.35. The molecule has 1 atom stereocenters. The van der Waals surface area contributed by atoms with Crippen molar-refractivity contribution in [3.05, 3.63) is 41.3 Å². The molecule has 3 aliphatic rings. The third-order valence-corrected chi connectivity index (χ3v) is 6.00. The summed E-state index contributed by atoms with van der Waals surface area (Å²) in [6, 6.07) is 10.3.